The van der Waals surface area contributed by atoms with Crippen molar-refractivity contribution in [2.24, 2.45) is 0 Å². The Morgan fingerprint density at radius 1 is 1.00 bits per heavy atom. The molecule has 0 radical (unpaired) electrons. The third-order valence-corrected chi connectivity index (χ3v) is 3.22. The van der Waals surface area contributed by atoms with Crippen LogP contribution in [0.4, 0.5) is 9.59 Å². The van der Waals surface area contributed by atoms with Gasteiger partial charge in [-0.05, 0) is 38.3 Å². The van der Waals surface area contributed by atoms with Crippen LogP contribution in [0.15, 0.2) is 18.2 Å². The fourth-order valence-electron chi connectivity index (χ4n) is 2.06. The Labute approximate surface area is 143 Å². The highest BCUT2D eigenvalue weighted by atomic mass is 16.5. The van der Waals surface area contributed by atoms with Crippen molar-refractivity contribution in [2.75, 3.05) is 32.8 Å². The quantitative estimate of drug-likeness (QED) is 0.602. The molecule has 0 aliphatic rings. The number of carbonyl (C=O) groups is 2. The standard InChI is InChI=1S/C17H27N3O4/c1-4-23-17(22)20-11-10-19-16(21)18-9-6-12-24-15-13(2)7-5-8-14(15)3/h5,7-8H,4,6,9-12H2,1-3H3,(H,20,22)(H2,18,19,21). The van der Waals surface area contributed by atoms with Gasteiger partial charge in [-0.3, -0.25) is 0 Å². The fourth-order valence-corrected chi connectivity index (χ4v) is 2.06. The number of ether oxygens (including phenoxy) is 2. The second-order valence-corrected chi connectivity index (χ2v) is 5.25. The highest BCUT2D eigenvalue weighted by Crippen LogP contribution is 2.22. The van der Waals surface area contributed by atoms with Gasteiger partial charge in [-0.15, -0.1) is 0 Å². The van der Waals surface area contributed by atoms with E-state index in [1.54, 1.807) is 6.92 Å². The molecule has 0 spiro atoms. The minimum atomic E-state index is -0.483. The maximum absolute atomic E-state index is 11.5. The van der Waals surface area contributed by atoms with Crippen LogP contribution in [0.2, 0.25) is 0 Å². The molecule has 0 atom stereocenters. The van der Waals surface area contributed by atoms with E-state index in [1.165, 1.54) is 0 Å². The molecule has 0 bridgehead atoms. The number of urea groups is 1. The van der Waals surface area contributed by atoms with Crippen LogP contribution in [0.5, 0.6) is 5.75 Å². The van der Waals surface area contributed by atoms with Crippen LogP contribution in [0, 0.1) is 13.8 Å². The van der Waals surface area contributed by atoms with Crippen LogP contribution in [0.1, 0.15) is 24.5 Å². The minimum absolute atomic E-state index is 0.271. The van der Waals surface area contributed by atoms with Gasteiger partial charge in [0.15, 0.2) is 0 Å². The zero-order valence-electron chi connectivity index (χ0n) is 14.6. The number of alkyl carbamates (subject to hydrolysis) is 1. The molecule has 3 amide bonds. The van der Waals surface area contributed by atoms with Crippen molar-refractivity contribution in [3.8, 4) is 5.75 Å². The first-order valence-corrected chi connectivity index (χ1v) is 8.16. The van der Waals surface area contributed by atoms with Gasteiger partial charge in [-0.1, -0.05) is 18.2 Å². The third kappa shape index (κ3) is 7.71. The van der Waals surface area contributed by atoms with E-state index in [4.69, 9.17) is 9.47 Å². The van der Waals surface area contributed by atoms with E-state index in [0.717, 1.165) is 16.9 Å². The number of aryl methyl sites for hydroxylation is 2. The van der Waals surface area contributed by atoms with E-state index >= 15 is 0 Å². The average Bonchev–Trinajstić information content (AvgIpc) is 2.54. The molecule has 0 heterocycles. The van der Waals surface area contributed by atoms with Gasteiger partial charge in [0.2, 0.25) is 0 Å². The van der Waals surface area contributed by atoms with Gasteiger partial charge in [0.25, 0.3) is 0 Å². The Balaban J connectivity index is 2.06. The summed E-state index contributed by atoms with van der Waals surface area (Å²) in [5.74, 6) is 0.909. The Bertz CT molecular complexity index is 514. The Morgan fingerprint density at radius 2 is 1.62 bits per heavy atom. The molecule has 24 heavy (non-hydrogen) atoms. The van der Waals surface area contributed by atoms with Crippen LogP contribution in [-0.2, 0) is 4.74 Å². The van der Waals surface area contributed by atoms with Gasteiger partial charge < -0.3 is 25.4 Å². The van der Waals surface area contributed by atoms with Crippen molar-refractivity contribution in [3.63, 3.8) is 0 Å². The van der Waals surface area contributed by atoms with E-state index in [1.807, 2.05) is 32.0 Å². The number of benzene rings is 1. The molecule has 7 nitrogen and oxygen atoms in total. The normalized spacial score (nSPS) is 9.96. The summed E-state index contributed by atoms with van der Waals surface area (Å²) in [4.78, 5) is 22.6. The molecule has 1 rings (SSSR count). The first-order valence-electron chi connectivity index (χ1n) is 8.16. The number of rotatable bonds is 9. The Kier molecular flexibility index (Phi) is 9.11. The predicted molar refractivity (Wildman–Crippen MR) is 92.5 cm³/mol. The molecule has 1 aromatic carbocycles. The summed E-state index contributed by atoms with van der Waals surface area (Å²) in [7, 11) is 0. The smallest absolute Gasteiger partial charge is 0.407 e. The van der Waals surface area contributed by atoms with Gasteiger partial charge in [0.05, 0.1) is 13.2 Å². The van der Waals surface area contributed by atoms with Gasteiger partial charge in [0, 0.05) is 19.6 Å². The summed E-state index contributed by atoms with van der Waals surface area (Å²) in [5.41, 5.74) is 2.21. The second kappa shape index (κ2) is 11.2. The lowest BCUT2D eigenvalue weighted by Crippen LogP contribution is -2.40. The summed E-state index contributed by atoms with van der Waals surface area (Å²) >= 11 is 0. The molecule has 0 saturated carbocycles. The van der Waals surface area contributed by atoms with Crippen molar-refractivity contribution in [1.82, 2.24) is 16.0 Å². The number of para-hydroxylation sites is 1. The summed E-state index contributed by atoms with van der Waals surface area (Å²) in [5, 5.41) is 7.90. The van der Waals surface area contributed by atoms with Gasteiger partial charge >= 0.3 is 12.1 Å². The van der Waals surface area contributed by atoms with Gasteiger partial charge in [0.1, 0.15) is 5.75 Å². The molecule has 0 unspecified atom stereocenters. The van der Waals surface area contributed by atoms with Crippen molar-refractivity contribution in [3.05, 3.63) is 29.3 Å². The molecule has 7 heteroatoms. The molecular formula is C17H27N3O4. The Morgan fingerprint density at radius 3 is 2.29 bits per heavy atom. The summed E-state index contributed by atoms with van der Waals surface area (Å²) in [6.45, 7) is 7.79. The lowest BCUT2D eigenvalue weighted by Gasteiger charge is -2.12. The van der Waals surface area contributed by atoms with Crippen LogP contribution in [0.3, 0.4) is 0 Å². The van der Waals surface area contributed by atoms with Crippen molar-refractivity contribution < 1.29 is 19.1 Å². The van der Waals surface area contributed by atoms with Crippen molar-refractivity contribution >= 4 is 12.1 Å². The molecular weight excluding hydrogens is 310 g/mol. The molecule has 134 valence electrons. The lowest BCUT2D eigenvalue weighted by atomic mass is 10.1. The van der Waals surface area contributed by atoms with Crippen LogP contribution in [-0.4, -0.2) is 45.0 Å². The maximum Gasteiger partial charge on any atom is 0.407 e. The topological polar surface area (TPSA) is 88.7 Å². The maximum atomic E-state index is 11.5. The van der Waals surface area contributed by atoms with Crippen molar-refractivity contribution in [1.29, 1.82) is 0 Å². The average molecular weight is 337 g/mol. The third-order valence-electron chi connectivity index (χ3n) is 3.22. The first-order chi connectivity index (χ1) is 11.5. The van der Waals surface area contributed by atoms with Gasteiger partial charge in [-0.25, -0.2) is 9.59 Å². The molecule has 3 N–H and O–H groups in total. The SMILES string of the molecule is CCOC(=O)NCCNC(=O)NCCCOc1c(C)cccc1C. The zero-order chi connectivity index (χ0) is 17.8. The molecule has 0 aliphatic carbocycles. The lowest BCUT2D eigenvalue weighted by molar-refractivity contribution is 0.152. The molecule has 0 aromatic heterocycles. The van der Waals surface area contributed by atoms with Crippen LogP contribution in [0.25, 0.3) is 0 Å². The highest BCUT2D eigenvalue weighted by Gasteiger charge is 2.04. The van der Waals surface area contributed by atoms with Crippen LogP contribution >= 0.6 is 0 Å². The van der Waals surface area contributed by atoms with Crippen LogP contribution < -0.4 is 20.7 Å². The monoisotopic (exact) mass is 337 g/mol. The van der Waals surface area contributed by atoms with E-state index in [-0.39, 0.29) is 6.03 Å². The van der Waals surface area contributed by atoms with E-state index < -0.39 is 6.09 Å². The predicted octanol–water partition coefficient (Wildman–Crippen LogP) is 2.12. The number of hydrogen-bond donors (Lipinski definition) is 3. The summed E-state index contributed by atoms with van der Waals surface area (Å²) in [6, 6.07) is 5.75. The zero-order valence-corrected chi connectivity index (χ0v) is 14.6. The largest absolute Gasteiger partial charge is 0.493 e. The van der Waals surface area contributed by atoms with E-state index in [2.05, 4.69) is 16.0 Å². The number of hydrogen-bond acceptors (Lipinski definition) is 4. The second-order valence-electron chi connectivity index (χ2n) is 5.25. The Hall–Kier alpha value is -2.44. The fraction of sp³-hybridized carbons (Fsp3) is 0.529. The molecule has 0 saturated heterocycles. The van der Waals surface area contributed by atoms with E-state index in [9.17, 15) is 9.59 Å². The number of amides is 3. The molecule has 0 fully saturated rings. The summed E-state index contributed by atoms with van der Waals surface area (Å²) in [6.07, 6.45) is 0.228. The summed E-state index contributed by atoms with van der Waals surface area (Å²) < 4.78 is 10.5. The molecule has 1 aromatic rings. The van der Waals surface area contributed by atoms with E-state index in [0.29, 0.717) is 39.3 Å². The minimum Gasteiger partial charge on any atom is -0.493 e. The number of nitrogens with one attached hydrogen (secondary N) is 3. The highest BCUT2D eigenvalue weighted by molar-refractivity contribution is 5.73. The number of carbonyl (C=O) groups excluding carboxylic acids is 2. The van der Waals surface area contributed by atoms with Crippen molar-refractivity contribution in [2.45, 2.75) is 27.2 Å². The van der Waals surface area contributed by atoms with Gasteiger partial charge in [-0.2, -0.15) is 0 Å². The first kappa shape index (κ1) is 19.6. The molecule has 0 aliphatic heterocycles.